The predicted molar refractivity (Wildman–Crippen MR) is 127 cm³/mol. The van der Waals surface area contributed by atoms with E-state index in [2.05, 4.69) is 4.98 Å². The van der Waals surface area contributed by atoms with Crippen molar-refractivity contribution in [1.82, 2.24) is 9.88 Å². The highest BCUT2D eigenvalue weighted by Crippen LogP contribution is 2.27. The van der Waals surface area contributed by atoms with E-state index in [1.807, 2.05) is 30.3 Å². The van der Waals surface area contributed by atoms with Crippen molar-refractivity contribution < 1.29 is 24.6 Å². The Bertz CT molecular complexity index is 1290. The van der Waals surface area contributed by atoms with Gasteiger partial charge in [-0.3, -0.25) is 9.59 Å². The second kappa shape index (κ2) is 9.22. The number of aromatic amines is 1. The lowest BCUT2D eigenvalue weighted by atomic mass is 10.00. The molecule has 2 heterocycles. The monoisotopic (exact) mass is 460 g/mol. The zero-order chi connectivity index (χ0) is 23.5. The first-order chi connectivity index (χ1) is 15.8. The molecule has 1 fully saturated rings. The van der Waals surface area contributed by atoms with Gasteiger partial charge >= 0.3 is 5.97 Å². The Morgan fingerprint density at radius 2 is 1.85 bits per heavy atom. The zero-order valence-corrected chi connectivity index (χ0v) is 18.3. The van der Waals surface area contributed by atoms with Gasteiger partial charge in [-0.25, -0.2) is 4.79 Å². The first-order valence-electron chi connectivity index (χ1n) is 10.2. The van der Waals surface area contributed by atoms with Gasteiger partial charge in [0.25, 0.3) is 5.91 Å². The lowest BCUT2D eigenvalue weighted by molar-refractivity contribution is -0.127. The second-order valence-electron chi connectivity index (χ2n) is 7.61. The molecule has 3 aromatic rings. The van der Waals surface area contributed by atoms with Gasteiger partial charge < -0.3 is 20.1 Å². The van der Waals surface area contributed by atoms with Gasteiger partial charge in [-0.05, 0) is 42.3 Å². The summed E-state index contributed by atoms with van der Waals surface area (Å²) in [5.74, 6) is -2.33. The molecule has 7 nitrogen and oxygen atoms in total. The first-order valence-corrected chi connectivity index (χ1v) is 10.6. The van der Waals surface area contributed by atoms with Crippen molar-refractivity contribution in [2.45, 2.75) is 12.8 Å². The summed E-state index contributed by atoms with van der Waals surface area (Å²) in [4.78, 5) is 41.6. The third kappa shape index (κ3) is 4.75. The molecule has 1 aliphatic heterocycles. The topological polar surface area (TPSA) is 111 Å². The number of carbonyl (C=O) groups is 3. The number of aromatic carboxylic acids is 1. The third-order valence-electron chi connectivity index (χ3n) is 5.40. The summed E-state index contributed by atoms with van der Waals surface area (Å²) in [5, 5.41) is 19.0. The summed E-state index contributed by atoms with van der Waals surface area (Å²) >= 11 is 5.31. The number of carboxylic acids is 1. The molecule has 33 heavy (non-hydrogen) atoms. The fourth-order valence-corrected chi connectivity index (χ4v) is 3.97. The van der Waals surface area contributed by atoms with Gasteiger partial charge in [0, 0.05) is 23.5 Å². The van der Waals surface area contributed by atoms with E-state index in [1.54, 1.807) is 18.2 Å². The lowest BCUT2D eigenvalue weighted by Crippen LogP contribution is -2.45. The van der Waals surface area contributed by atoms with Crippen molar-refractivity contribution in [3.05, 3.63) is 83.1 Å². The maximum atomic E-state index is 13.0. The van der Waals surface area contributed by atoms with E-state index in [1.165, 1.54) is 23.1 Å². The van der Waals surface area contributed by atoms with Crippen LogP contribution >= 0.6 is 12.2 Å². The number of thiocarbonyl (C=S) groups is 1. The second-order valence-corrected chi connectivity index (χ2v) is 8.08. The van der Waals surface area contributed by atoms with E-state index in [4.69, 9.17) is 17.3 Å². The molecule has 1 amide bonds. The van der Waals surface area contributed by atoms with E-state index in [0.29, 0.717) is 34.9 Å². The van der Waals surface area contributed by atoms with E-state index < -0.39 is 11.9 Å². The summed E-state index contributed by atoms with van der Waals surface area (Å²) in [6.45, 7) is 0.386. The molecule has 0 radical (unpaired) electrons. The molecule has 1 aromatic heterocycles. The van der Waals surface area contributed by atoms with Crippen molar-refractivity contribution in [2.24, 2.45) is 0 Å². The minimum absolute atomic E-state index is 0.000213. The molecule has 0 spiro atoms. The van der Waals surface area contributed by atoms with Gasteiger partial charge in [-0.15, -0.1) is 0 Å². The van der Waals surface area contributed by atoms with E-state index in [0.717, 1.165) is 5.56 Å². The quantitative estimate of drug-likeness (QED) is 0.293. The Labute approximate surface area is 195 Å². The van der Waals surface area contributed by atoms with E-state index in [-0.39, 0.29) is 29.1 Å². The molecule has 1 aliphatic rings. The minimum atomic E-state index is -1.22. The molecule has 1 saturated heterocycles. The van der Waals surface area contributed by atoms with Crippen LogP contribution in [0.4, 0.5) is 0 Å². The number of ketones is 1. The molecule has 2 aromatic carbocycles. The van der Waals surface area contributed by atoms with Crippen LogP contribution < -0.4 is 0 Å². The van der Waals surface area contributed by atoms with Crippen LogP contribution in [0.2, 0.25) is 0 Å². The van der Waals surface area contributed by atoms with Crippen molar-refractivity contribution in [3.8, 4) is 17.0 Å². The zero-order valence-electron chi connectivity index (χ0n) is 17.4. The van der Waals surface area contributed by atoms with Crippen molar-refractivity contribution in [1.29, 1.82) is 0 Å². The van der Waals surface area contributed by atoms with Crippen molar-refractivity contribution in [2.75, 3.05) is 6.54 Å². The maximum Gasteiger partial charge on any atom is 0.339 e. The van der Waals surface area contributed by atoms with Gasteiger partial charge in [0.05, 0.1) is 17.0 Å². The van der Waals surface area contributed by atoms with E-state index >= 15 is 0 Å². The van der Waals surface area contributed by atoms with Crippen LogP contribution in [0.5, 0.6) is 5.75 Å². The Balaban J connectivity index is 1.55. The largest absolute Gasteiger partial charge is 0.507 e. The first kappa shape index (κ1) is 22.2. The standard InChI is InChI=1S/C25H20N2O5S/c28-21-12-16(6-8-18(21)25(31)32)20-9-7-17(26-20)13-19-22(29)14-23(33)27(24(19)30)11-10-15-4-2-1-3-5-15/h1-9,12-13,26,28H,10-11,14H2,(H,31,32)/b19-13+. The molecule has 0 atom stereocenters. The fraction of sp³-hybridized carbons (Fsp3) is 0.120. The summed E-state index contributed by atoms with van der Waals surface area (Å²) in [6.07, 6.45) is 2.12. The minimum Gasteiger partial charge on any atom is -0.507 e. The average Bonchev–Trinajstić information content (AvgIpc) is 3.25. The Morgan fingerprint density at radius 1 is 1.09 bits per heavy atom. The van der Waals surface area contributed by atoms with Gasteiger partial charge in [0.2, 0.25) is 0 Å². The number of benzene rings is 2. The molecular formula is C25H20N2O5S. The Hall–Kier alpha value is -4.04. The number of amides is 1. The van der Waals surface area contributed by atoms with E-state index in [9.17, 15) is 19.5 Å². The summed E-state index contributed by atoms with van der Waals surface area (Å²) in [6, 6.07) is 17.4. The number of rotatable bonds is 6. The molecule has 0 unspecified atom stereocenters. The molecule has 0 bridgehead atoms. The van der Waals surface area contributed by atoms with Crippen LogP contribution in [0.25, 0.3) is 17.3 Å². The molecule has 0 saturated carbocycles. The third-order valence-corrected chi connectivity index (χ3v) is 5.77. The number of nitrogens with one attached hydrogen (secondary N) is 1. The highest BCUT2D eigenvalue weighted by Gasteiger charge is 2.33. The smallest absolute Gasteiger partial charge is 0.339 e. The summed E-state index contributed by atoms with van der Waals surface area (Å²) in [7, 11) is 0. The van der Waals surface area contributed by atoms with Crippen LogP contribution in [0.15, 0.2) is 66.2 Å². The number of aromatic nitrogens is 1. The van der Waals surface area contributed by atoms with Crippen LogP contribution in [0.3, 0.4) is 0 Å². The van der Waals surface area contributed by atoms with Crippen LogP contribution in [-0.4, -0.2) is 49.3 Å². The number of carboxylic acid groups (broad SMARTS) is 1. The average molecular weight is 461 g/mol. The SMILES string of the molecule is O=C1CC(=S)N(CCc2ccccc2)C(=O)/C1=C/c1ccc(-c2ccc(C(=O)O)c(O)c2)[nH]1. The number of likely N-dealkylation sites (tertiary alicyclic amines) is 1. The predicted octanol–water partition coefficient (Wildman–Crippen LogP) is 3.84. The van der Waals surface area contributed by atoms with Crippen molar-refractivity contribution in [3.63, 3.8) is 0 Å². The number of phenols is 1. The number of H-pyrrole nitrogens is 1. The molecule has 8 heteroatoms. The molecular weight excluding hydrogens is 440 g/mol. The maximum absolute atomic E-state index is 13.0. The van der Waals surface area contributed by atoms with Gasteiger partial charge in [-0.2, -0.15) is 0 Å². The number of Topliss-reactive ketones (excluding diaryl/α,β-unsaturated/α-hetero) is 1. The van der Waals surface area contributed by atoms with Crippen molar-refractivity contribution >= 4 is 40.9 Å². The lowest BCUT2D eigenvalue weighted by Gasteiger charge is -2.28. The van der Waals surface area contributed by atoms with Gasteiger partial charge in [0.1, 0.15) is 11.3 Å². The molecule has 0 aliphatic carbocycles. The van der Waals surface area contributed by atoms with Crippen LogP contribution in [0, 0.1) is 0 Å². The number of hydrogen-bond donors (Lipinski definition) is 3. The Morgan fingerprint density at radius 3 is 2.55 bits per heavy atom. The molecule has 4 rings (SSSR count). The van der Waals surface area contributed by atoms with Gasteiger partial charge in [0.15, 0.2) is 5.78 Å². The molecule has 166 valence electrons. The van der Waals surface area contributed by atoms with Crippen LogP contribution in [-0.2, 0) is 16.0 Å². The molecule has 3 N–H and O–H groups in total. The highest BCUT2D eigenvalue weighted by molar-refractivity contribution is 7.80. The normalized spacial score (nSPS) is 15.3. The Kier molecular flexibility index (Phi) is 6.19. The van der Waals surface area contributed by atoms with Gasteiger partial charge in [-0.1, -0.05) is 48.6 Å². The number of piperidine rings is 1. The summed E-state index contributed by atoms with van der Waals surface area (Å²) < 4.78 is 0. The number of aromatic hydroxyl groups is 1. The highest BCUT2D eigenvalue weighted by atomic mass is 32.1. The number of nitrogens with zero attached hydrogens (tertiary/aromatic N) is 1. The van der Waals surface area contributed by atoms with Crippen LogP contribution in [0.1, 0.15) is 28.0 Å². The summed E-state index contributed by atoms with van der Waals surface area (Å²) in [5.41, 5.74) is 2.61. The number of carbonyl (C=O) groups excluding carboxylic acids is 2. The number of hydrogen-bond acceptors (Lipinski definition) is 5. The fourth-order valence-electron chi connectivity index (χ4n) is 3.66.